The summed E-state index contributed by atoms with van der Waals surface area (Å²) in [5.74, 6) is 1.46. The molecule has 1 atom stereocenters. The van der Waals surface area contributed by atoms with E-state index in [0.717, 1.165) is 61.2 Å². The Balaban J connectivity index is 1.21. The number of hydrogen-bond acceptors (Lipinski definition) is 4. The molecule has 1 aliphatic rings. The largest absolute Gasteiger partial charge is 0.456 e. The van der Waals surface area contributed by atoms with E-state index in [1.54, 1.807) is 0 Å². The number of para-hydroxylation sites is 1. The standard InChI is InChI=1S/C43H29N3O/c1-3-12-30(13-4-1)35-25-26-38-39(36-17-9-10-18-37(36)47-38)40(35)43-45-41(31-14-5-2-6-15-31)44-42(46-43)32-22-19-29(20-23-32)34-24-21-28-11-7-8-16-33(28)27-34/h1-27,43H,(H,44,45,46). The third-order valence-electron chi connectivity index (χ3n) is 8.96. The Kier molecular flexibility index (Phi) is 6.50. The highest BCUT2D eigenvalue weighted by atomic mass is 16.3. The molecule has 7 aromatic carbocycles. The summed E-state index contributed by atoms with van der Waals surface area (Å²) in [5, 5.41) is 8.31. The maximum atomic E-state index is 6.37. The lowest BCUT2D eigenvalue weighted by atomic mass is 9.93. The van der Waals surface area contributed by atoms with Gasteiger partial charge in [-0.2, -0.15) is 0 Å². The molecule has 1 aliphatic heterocycles. The molecule has 9 rings (SSSR count). The second kappa shape index (κ2) is 11.3. The van der Waals surface area contributed by atoms with Crippen molar-refractivity contribution in [2.24, 2.45) is 9.98 Å². The topological polar surface area (TPSA) is 49.9 Å². The third kappa shape index (κ3) is 4.88. The molecule has 0 bridgehead atoms. The maximum Gasteiger partial charge on any atom is 0.159 e. The van der Waals surface area contributed by atoms with Gasteiger partial charge < -0.3 is 9.73 Å². The highest BCUT2D eigenvalue weighted by Gasteiger charge is 2.27. The Morgan fingerprint density at radius 2 is 1.15 bits per heavy atom. The van der Waals surface area contributed by atoms with E-state index in [4.69, 9.17) is 14.4 Å². The van der Waals surface area contributed by atoms with E-state index in [1.165, 1.54) is 16.3 Å². The first kappa shape index (κ1) is 27.1. The van der Waals surface area contributed by atoms with E-state index in [9.17, 15) is 0 Å². The Bertz CT molecular complexity index is 2480. The van der Waals surface area contributed by atoms with Crippen LogP contribution in [0.4, 0.5) is 0 Å². The van der Waals surface area contributed by atoms with Gasteiger partial charge in [-0.05, 0) is 51.2 Å². The van der Waals surface area contributed by atoms with E-state index in [2.05, 4.69) is 133 Å². The Morgan fingerprint density at radius 3 is 1.96 bits per heavy atom. The lowest BCUT2D eigenvalue weighted by Crippen LogP contribution is -2.34. The summed E-state index contributed by atoms with van der Waals surface area (Å²) in [6.45, 7) is 0. The Hall–Kier alpha value is -6.26. The predicted octanol–water partition coefficient (Wildman–Crippen LogP) is 10.6. The third-order valence-corrected chi connectivity index (χ3v) is 8.96. The number of benzene rings is 7. The van der Waals surface area contributed by atoms with Gasteiger partial charge in [0.25, 0.3) is 0 Å². The molecule has 0 amide bonds. The molecule has 8 aromatic rings. The molecule has 1 unspecified atom stereocenters. The quantitative estimate of drug-likeness (QED) is 0.213. The zero-order valence-corrected chi connectivity index (χ0v) is 25.5. The van der Waals surface area contributed by atoms with Crippen molar-refractivity contribution in [1.82, 2.24) is 5.32 Å². The van der Waals surface area contributed by atoms with Crippen LogP contribution in [-0.2, 0) is 0 Å². The summed E-state index contributed by atoms with van der Waals surface area (Å²) in [6, 6.07) is 56.9. The van der Waals surface area contributed by atoms with E-state index in [1.807, 2.05) is 36.4 Å². The van der Waals surface area contributed by atoms with Crippen LogP contribution in [0.15, 0.2) is 178 Å². The van der Waals surface area contributed by atoms with Crippen molar-refractivity contribution in [2.75, 3.05) is 0 Å². The molecule has 222 valence electrons. The first-order valence-electron chi connectivity index (χ1n) is 15.9. The molecule has 2 heterocycles. The minimum absolute atomic E-state index is 0.419. The van der Waals surface area contributed by atoms with Crippen LogP contribution >= 0.6 is 0 Å². The van der Waals surface area contributed by atoms with Crippen LogP contribution < -0.4 is 5.32 Å². The lowest BCUT2D eigenvalue weighted by Gasteiger charge is -2.26. The zero-order valence-electron chi connectivity index (χ0n) is 25.5. The maximum absolute atomic E-state index is 6.37. The fraction of sp³-hybridized carbons (Fsp3) is 0.0233. The average molecular weight is 604 g/mol. The van der Waals surface area contributed by atoms with Crippen LogP contribution in [0.25, 0.3) is 55.0 Å². The minimum atomic E-state index is -0.419. The van der Waals surface area contributed by atoms with Gasteiger partial charge in [-0.3, -0.25) is 0 Å². The van der Waals surface area contributed by atoms with Crippen LogP contribution in [0.1, 0.15) is 22.9 Å². The molecule has 0 saturated heterocycles. The summed E-state index contributed by atoms with van der Waals surface area (Å²) >= 11 is 0. The fourth-order valence-electron chi connectivity index (χ4n) is 6.65. The number of nitrogens with one attached hydrogen (secondary N) is 1. The minimum Gasteiger partial charge on any atom is -0.456 e. The van der Waals surface area contributed by atoms with Gasteiger partial charge in [0.15, 0.2) is 5.84 Å². The average Bonchev–Trinajstić information content (AvgIpc) is 3.54. The fourth-order valence-corrected chi connectivity index (χ4v) is 6.65. The highest BCUT2D eigenvalue weighted by Crippen LogP contribution is 2.41. The Labute approximate surface area is 272 Å². The number of furan rings is 1. The van der Waals surface area contributed by atoms with Gasteiger partial charge in [0.05, 0.1) is 0 Å². The number of nitrogens with zero attached hydrogens (tertiary/aromatic N) is 2. The van der Waals surface area contributed by atoms with Crippen LogP contribution in [-0.4, -0.2) is 11.7 Å². The van der Waals surface area contributed by atoms with E-state index in [0.29, 0.717) is 5.84 Å². The van der Waals surface area contributed by atoms with Gasteiger partial charge in [-0.1, -0.05) is 146 Å². The molecular weight excluding hydrogens is 574 g/mol. The Morgan fingerprint density at radius 1 is 0.489 bits per heavy atom. The molecule has 0 saturated carbocycles. The van der Waals surface area contributed by atoms with Crippen molar-refractivity contribution in [3.05, 3.63) is 180 Å². The summed E-state index contributed by atoms with van der Waals surface area (Å²) in [7, 11) is 0. The number of rotatable bonds is 5. The van der Waals surface area contributed by atoms with Crippen LogP contribution in [0.2, 0.25) is 0 Å². The van der Waals surface area contributed by atoms with E-state index < -0.39 is 6.17 Å². The first-order valence-corrected chi connectivity index (χ1v) is 15.9. The second-order valence-electron chi connectivity index (χ2n) is 11.8. The van der Waals surface area contributed by atoms with Crippen molar-refractivity contribution in [1.29, 1.82) is 0 Å². The van der Waals surface area contributed by atoms with Crippen molar-refractivity contribution in [2.45, 2.75) is 6.17 Å². The van der Waals surface area contributed by atoms with Gasteiger partial charge in [-0.25, -0.2) is 9.98 Å². The van der Waals surface area contributed by atoms with Crippen molar-refractivity contribution in [3.8, 4) is 22.3 Å². The van der Waals surface area contributed by atoms with Crippen LogP contribution in [0.3, 0.4) is 0 Å². The van der Waals surface area contributed by atoms with Gasteiger partial charge in [0, 0.05) is 27.5 Å². The normalized spacial score (nSPS) is 14.6. The molecule has 47 heavy (non-hydrogen) atoms. The number of fused-ring (bicyclic) bond motifs is 4. The van der Waals surface area contributed by atoms with Crippen LogP contribution in [0, 0.1) is 0 Å². The predicted molar refractivity (Wildman–Crippen MR) is 194 cm³/mol. The van der Waals surface area contributed by atoms with Gasteiger partial charge in [0.2, 0.25) is 0 Å². The van der Waals surface area contributed by atoms with Crippen LogP contribution in [0.5, 0.6) is 0 Å². The van der Waals surface area contributed by atoms with Gasteiger partial charge >= 0.3 is 0 Å². The number of hydrogen-bond donors (Lipinski definition) is 1. The molecule has 0 radical (unpaired) electrons. The van der Waals surface area contributed by atoms with Crippen molar-refractivity contribution in [3.63, 3.8) is 0 Å². The van der Waals surface area contributed by atoms with E-state index in [-0.39, 0.29) is 0 Å². The molecule has 1 aromatic heterocycles. The summed E-state index contributed by atoms with van der Waals surface area (Å²) in [6.07, 6.45) is -0.419. The van der Waals surface area contributed by atoms with Gasteiger partial charge in [0.1, 0.15) is 23.2 Å². The molecule has 4 nitrogen and oxygen atoms in total. The summed E-state index contributed by atoms with van der Waals surface area (Å²) in [5.41, 5.74) is 9.27. The highest BCUT2D eigenvalue weighted by molar-refractivity contribution is 6.14. The van der Waals surface area contributed by atoms with Crippen molar-refractivity contribution >= 4 is 44.4 Å². The molecular formula is C43H29N3O. The number of amidine groups is 2. The molecule has 0 spiro atoms. The molecule has 0 fully saturated rings. The first-order chi connectivity index (χ1) is 23.3. The van der Waals surface area contributed by atoms with E-state index >= 15 is 0 Å². The number of aliphatic imine (C=N–C) groups is 2. The van der Waals surface area contributed by atoms with Gasteiger partial charge in [-0.15, -0.1) is 0 Å². The zero-order chi connectivity index (χ0) is 31.2. The van der Waals surface area contributed by atoms with Crippen molar-refractivity contribution < 1.29 is 4.42 Å². The second-order valence-corrected chi connectivity index (χ2v) is 11.8. The monoisotopic (exact) mass is 603 g/mol. The lowest BCUT2D eigenvalue weighted by molar-refractivity contribution is 0.663. The molecule has 4 heteroatoms. The summed E-state index contributed by atoms with van der Waals surface area (Å²) < 4.78 is 6.37. The SMILES string of the molecule is c1ccc(C2=NC(c3ccc(-c4ccc5ccccc5c4)cc3)=NC(c3c(-c4ccccc4)ccc4oc5ccccc5c34)N2)cc1. The molecule has 0 aliphatic carbocycles. The smallest absolute Gasteiger partial charge is 0.159 e. The molecule has 1 N–H and O–H groups in total. The summed E-state index contributed by atoms with van der Waals surface area (Å²) in [4.78, 5) is 10.4.